The standard InChI is InChI=1S/C20H21N5O2/c1-27-20(26)25-12-4-5-15(13-25)22-19-16-6-2-3-7-17(16)23-18(24-19)14-8-10-21-11-9-14/h2-3,6-11,15H,4-5,12-13H2,1H3,(H,22,23,24). The summed E-state index contributed by atoms with van der Waals surface area (Å²) in [5.74, 6) is 1.43. The van der Waals surface area contributed by atoms with Gasteiger partial charge in [0.2, 0.25) is 0 Å². The molecular formula is C20H21N5O2. The molecule has 0 bridgehead atoms. The molecule has 1 N–H and O–H groups in total. The van der Waals surface area contributed by atoms with Gasteiger partial charge in [-0.3, -0.25) is 4.98 Å². The molecule has 138 valence electrons. The van der Waals surface area contributed by atoms with Crippen molar-refractivity contribution in [1.29, 1.82) is 0 Å². The van der Waals surface area contributed by atoms with Crippen molar-refractivity contribution < 1.29 is 9.53 Å². The van der Waals surface area contributed by atoms with E-state index in [-0.39, 0.29) is 12.1 Å². The molecule has 1 atom stereocenters. The molecule has 3 heterocycles. The number of nitrogens with zero attached hydrogens (tertiary/aromatic N) is 4. The number of pyridine rings is 1. The highest BCUT2D eigenvalue weighted by molar-refractivity contribution is 5.90. The molecule has 0 radical (unpaired) electrons. The van der Waals surface area contributed by atoms with Crippen LogP contribution < -0.4 is 5.32 Å². The minimum Gasteiger partial charge on any atom is -0.453 e. The Morgan fingerprint density at radius 1 is 1.19 bits per heavy atom. The first-order chi connectivity index (χ1) is 13.2. The van der Waals surface area contributed by atoms with Gasteiger partial charge in [-0.2, -0.15) is 0 Å². The molecule has 0 spiro atoms. The van der Waals surface area contributed by atoms with Gasteiger partial charge in [0.25, 0.3) is 0 Å². The van der Waals surface area contributed by atoms with Gasteiger partial charge in [-0.05, 0) is 37.1 Å². The average Bonchev–Trinajstić information content (AvgIpc) is 2.74. The third-order valence-electron chi connectivity index (χ3n) is 4.74. The van der Waals surface area contributed by atoms with Crippen LogP contribution in [0.4, 0.5) is 10.6 Å². The van der Waals surface area contributed by atoms with E-state index in [0.717, 1.165) is 41.7 Å². The molecule has 7 nitrogen and oxygen atoms in total. The lowest BCUT2D eigenvalue weighted by Crippen LogP contribution is -2.45. The van der Waals surface area contributed by atoms with Crippen LogP contribution in [0, 0.1) is 0 Å². The van der Waals surface area contributed by atoms with Crippen LogP contribution in [0.2, 0.25) is 0 Å². The number of anilines is 1. The first kappa shape index (κ1) is 17.2. The van der Waals surface area contributed by atoms with Gasteiger partial charge in [-0.25, -0.2) is 14.8 Å². The zero-order valence-corrected chi connectivity index (χ0v) is 15.1. The van der Waals surface area contributed by atoms with Gasteiger partial charge in [0, 0.05) is 42.5 Å². The predicted molar refractivity (Wildman–Crippen MR) is 103 cm³/mol. The summed E-state index contributed by atoms with van der Waals surface area (Å²) in [7, 11) is 1.41. The van der Waals surface area contributed by atoms with E-state index in [4.69, 9.17) is 14.7 Å². The second-order valence-corrected chi connectivity index (χ2v) is 6.55. The van der Waals surface area contributed by atoms with Crippen LogP contribution in [0.5, 0.6) is 0 Å². The zero-order chi connectivity index (χ0) is 18.6. The number of nitrogens with one attached hydrogen (secondary N) is 1. The summed E-state index contributed by atoms with van der Waals surface area (Å²) in [6.45, 7) is 1.31. The van der Waals surface area contributed by atoms with E-state index in [9.17, 15) is 4.79 Å². The van der Waals surface area contributed by atoms with Gasteiger partial charge in [-0.1, -0.05) is 12.1 Å². The van der Waals surface area contributed by atoms with Gasteiger partial charge in [0.1, 0.15) is 5.82 Å². The molecule has 1 fully saturated rings. The van der Waals surface area contributed by atoms with Crippen molar-refractivity contribution in [3.05, 3.63) is 48.8 Å². The predicted octanol–water partition coefficient (Wildman–Crippen LogP) is 3.33. The molecule has 1 aliphatic heterocycles. The lowest BCUT2D eigenvalue weighted by atomic mass is 10.1. The molecular weight excluding hydrogens is 342 g/mol. The van der Waals surface area contributed by atoms with Crippen LogP contribution in [0.3, 0.4) is 0 Å². The quantitative estimate of drug-likeness (QED) is 0.769. The van der Waals surface area contributed by atoms with E-state index in [1.807, 2.05) is 36.4 Å². The lowest BCUT2D eigenvalue weighted by Gasteiger charge is -2.32. The molecule has 4 rings (SSSR count). The van der Waals surface area contributed by atoms with Crippen molar-refractivity contribution in [2.75, 3.05) is 25.5 Å². The second kappa shape index (κ2) is 7.57. The fourth-order valence-corrected chi connectivity index (χ4v) is 3.40. The summed E-state index contributed by atoms with van der Waals surface area (Å²) in [6, 6.07) is 11.8. The van der Waals surface area contributed by atoms with Crippen LogP contribution >= 0.6 is 0 Å². The van der Waals surface area contributed by atoms with Gasteiger partial charge in [0.15, 0.2) is 5.82 Å². The molecule has 0 saturated carbocycles. The largest absolute Gasteiger partial charge is 0.453 e. The summed E-state index contributed by atoms with van der Waals surface area (Å²) in [4.78, 5) is 27.1. The van der Waals surface area contributed by atoms with Crippen LogP contribution in [-0.4, -0.2) is 52.2 Å². The molecule has 0 aliphatic carbocycles. The third-order valence-corrected chi connectivity index (χ3v) is 4.74. The first-order valence-electron chi connectivity index (χ1n) is 9.01. The number of fused-ring (bicyclic) bond motifs is 1. The Morgan fingerprint density at radius 2 is 2.00 bits per heavy atom. The fourth-order valence-electron chi connectivity index (χ4n) is 3.40. The summed E-state index contributed by atoms with van der Waals surface area (Å²) in [5, 5.41) is 4.49. The minimum atomic E-state index is -0.286. The highest BCUT2D eigenvalue weighted by Crippen LogP contribution is 2.26. The third kappa shape index (κ3) is 3.67. The van der Waals surface area contributed by atoms with E-state index in [1.54, 1.807) is 17.3 Å². The smallest absolute Gasteiger partial charge is 0.409 e. The van der Waals surface area contributed by atoms with E-state index < -0.39 is 0 Å². The van der Waals surface area contributed by atoms with E-state index in [1.165, 1.54) is 7.11 Å². The monoisotopic (exact) mass is 363 g/mol. The maximum absolute atomic E-state index is 11.9. The Hall–Kier alpha value is -3.22. The van der Waals surface area contributed by atoms with Gasteiger partial charge in [-0.15, -0.1) is 0 Å². The molecule has 1 aromatic carbocycles. The summed E-state index contributed by atoms with van der Waals surface area (Å²) in [6.07, 6.45) is 5.07. The van der Waals surface area contributed by atoms with Gasteiger partial charge in [0.05, 0.1) is 12.6 Å². The number of hydrogen-bond donors (Lipinski definition) is 1. The second-order valence-electron chi connectivity index (χ2n) is 6.55. The number of methoxy groups -OCH3 is 1. The number of carbonyl (C=O) groups is 1. The Morgan fingerprint density at radius 3 is 2.81 bits per heavy atom. The molecule has 1 amide bonds. The summed E-state index contributed by atoms with van der Waals surface area (Å²) < 4.78 is 4.86. The summed E-state index contributed by atoms with van der Waals surface area (Å²) >= 11 is 0. The highest BCUT2D eigenvalue weighted by Gasteiger charge is 2.25. The number of ether oxygens (including phenoxy) is 1. The number of likely N-dealkylation sites (tertiary alicyclic amines) is 1. The lowest BCUT2D eigenvalue weighted by molar-refractivity contribution is 0.113. The van der Waals surface area contributed by atoms with Crippen LogP contribution in [0.25, 0.3) is 22.3 Å². The number of aromatic nitrogens is 3. The average molecular weight is 363 g/mol. The van der Waals surface area contributed by atoms with Crippen molar-refractivity contribution in [2.45, 2.75) is 18.9 Å². The number of amides is 1. The number of hydrogen-bond acceptors (Lipinski definition) is 6. The van der Waals surface area contributed by atoms with Gasteiger partial charge >= 0.3 is 6.09 Å². The maximum atomic E-state index is 11.9. The fraction of sp³-hybridized carbons (Fsp3) is 0.300. The van der Waals surface area contributed by atoms with Crippen molar-refractivity contribution in [3.8, 4) is 11.4 Å². The number of para-hydroxylation sites is 1. The van der Waals surface area contributed by atoms with E-state index >= 15 is 0 Å². The van der Waals surface area contributed by atoms with Crippen LogP contribution in [0.15, 0.2) is 48.8 Å². The zero-order valence-electron chi connectivity index (χ0n) is 15.1. The van der Waals surface area contributed by atoms with Crippen molar-refractivity contribution >= 4 is 22.8 Å². The van der Waals surface area contributed by atoms with Crippen molar-refractivity contribution in [1.82, 2.24) is 19.9 Å². The Labute approximate surface area is 157 Å². The minimum absolute atomic E-state index is 0.112. The molecule has 1 aliphatic rings. The Bertz CT molecular complexity index is 948. The molecule has 3 aromatic rings. The highest BCUT2D eigenvalue weighted by atomic mass is 16.5. The maximum Gasteiger partial charge on any atom is 0.409 e. The summed E-state index contributed by atoms with van der Waals surface area (Å²) in [5.41, 5.74) is 1.79. The Kier molecular flexibility index (Phi) is 4.82. The first-order valence-corrected chi connectivity index (χ1v) is 9.01. The normalized spacial score (nSPS) is 16.9. The van der Waals surface area contributed by atoms with E-state index in [0.29, 0.717) is 12.4 Å². The van der Waals surface area contributed by atoms with Crippen LogP contribution in [0.1, 0.15) is 12.8 Å². The van der Waals surface area contributed by atoms with E-state index in [2.05, 4.69) is 10.3 Å². The molecule has 2 aromatic heterocycles. The number of piperidine rings is 1. The SMILES string of the molecule is COC(=O)N1CCCC(Nc2nc(-c3ccncc3)nc3ccccc23)C1. The molecule has 7 heteroatoms. The molecule has 1 saturated heterocycles. The van der Waals surface area contributed by atoms with Crippen LogP contribution in [-0.2, 0) is 4.74 Å². The number of benzene rings is 1. The Balaban J connectivity index is 1.67. The van der Waals surface area contributed by atoms with Crippen molar-refractivity contribution in [2.24, 2.45) is 0 Å². The van der Waals surface area contributed by atoms with Gasteiger partial charge < -0.3 is 15.0 Å². The number of carbonyl (C=O) groups excluding carboxylic acids is 1. The molecule has 27 heavy (non-hydrogen) atoms. The topological polar surface area (TPSA) is 80.2 Å². The van der Waals surface area contributed by atoms with Crippen molar-refractivity contribution in [3.63, 3.8) is 0 Å². The molecule has 1 unspecified atom stereocenters. The number of rotatable bonds is 3.